The first-order chi connectivity index (χ1) is 12.0. The molecular formula is C16H19F3O6Si. The summed E-state index contributed by atoms with van der Waals surface area (Å²) in [5.74, 6) is -5.68. The summed E-state index contributed by atoms with van der Waals surface area (Å²) in [6, 6.07) is 1.15. The fraction of sp³-hybridized carbons (Fsp3) is 0.438. The van der Waals surface area contributed by atoms with Gasteiger partial charge >= 0.3 is 8.80 Å². The molecule has 0 spiro atoms. The molecule has 26 heavy (non-hydrogen) atoms. The van der Waals surface area contributed by atoms with Crippen molar-refractivity contribution in [3.05, 3.63) is 35.1 Å². The third kappa shape index (κ3) is 6.87. The van der Waals surface area contributed by atoms with Gasteiger partial charge in [0.15, 0.2) is 11.6 Å². The van der Waals surface area contributed by atoms with Crippen LogP contribution in [0.1, 0.15) is 39.2 Å². The van der Waals surface area contributed by atoms with Gasteiger partial charge in [0, 0.05) is 26.8 Å². The maximum Gasteiger partial charge on any atom is 0.705 e. The van der Waals surface area contributed by atoms with Crippen molar-refractivity contribution in [2.75, 3.05) is 0 Å². The van der Waals surface area contributed by atoms with Gasteiger partial charge in [-0.05, 0) is 30.9 Å². The van der Waals surface area contributed by atoms with Crippen LogP contribution in [-0.2, 0) is 34.1 Å². The zero-order valence-electron chi connectivity index (χ0n) is 14.6. The Balaban J connectivity index is 2.79. The molecule has 0 unspecified atom stereocenters. The predicted molar refractivity (Wildman–Crippen MR) is 85.1 cm³/mol. The third-order valence-electron chi connectivity index (χ3n) is 3.17. The van der Waals surface area contributed by atoms with Crippen molar-refractivity contribution in [1.82, 2.24) is 0 Å². The molecule has 10 heteroatoms. The van der Waals surface area contributed by atoms with E-state index in [2.05, 4.69) is 0 Å². The van der Waals surface area contributed by atoms with Gasteiger partial charge in [-0.25, -0.2) is 13.2 Å². The van der Waals surface area contributed by atoms with E-state index in [1.54, 1.807) is 0 Å². The van der Waals surface area contributed by atoms with Crippen molar-refractivity contribution >= 4 is 26.7 Å². The smallest absolute Gasteiger partial charge is 0.455 e. The Labute approximate surface area is 149 Å². The maximum atomic E-state index is 13.6. The van der Waals surface area contributed by atoms with Crippen LogP contribution in [0.15, 0.2) is 12.1 Å². The minimum atomic E-state index is -3.93. The van der Waals surface area contributed by atoms with Crippen LogP contribution >= 0.6 is 0 Å². The van der Waals surface area contributed by atoms with Crippen LogP contribution < -0.4 is 0 Å². The third-order valence-corrected chi connectivity index (χ3v) is 5.93. The van der Waals surface area contributed by atoms with Crippen molar-refractivity contribution < 1.29 is 40.8 Å². The average molecular weight is 392 g/mol. The van der Waals surface area contributed by atoms with Crippen molar-refractivity contribution in [2.45, 2.75) is 46.1 Å². The second-order valence-electron chi connectivity index (χ2n) is 5.53. The number of rotatable bonds is 8. The van der Waals surface area contributed by atoms with Gasteiger partial charge in [0.25, 0.3) is 17.9 Å². The summed E-state index contributed by atoms with van der Waals surface area (Å²) >= 11 is 0. The predicted octanol–water partition coefficient (Wildman–Crippen LogP) is 3.05. The molecule has 1 aromatic carbocycles. The van der Waals surface area contributed by atoms with Crippen LogP contribution in [0.25, 0.3) is 0 Å². The SMILES string of the molecule is CC(=O)O[Si](CCCCc1cc(F)c(F)cc1F)(OC(C)=O)OC(C)=O. The monoisotopic (exact) mass is 392 g/mol. The molecule has 0 aromatic heterocycles. The number of hydrogen-bond acceptors (Lipinski definition) is 6. The van der Waals surface area contributed by atoms with Crippen LogP contribution in [-0.4, -0.2) is 26.7 Å². The van der Waals surface area contributed by atoms with E-state index >= 15 is 0 Å². The topological polar surface area (TPSA) is 78.9 Å². The Morgan fingerprint density at radius 3 is 1.73 bits per heavy atom. The van der Waals surface area contributed by atoms with E-state index in [4.69, 9.17) is 13.3 Å². The second kappa shape index (κ2) is 9.37. The minimum Gasteiger partial charge on any atom is -0.455 e. The molecule has 1 rings (SSSR count). The first kappa shape index (κ1) is 21.7. The van der Waals surface area contributed by atoms with E-state index in [-0.39, 0.29) is 30.9 Å². The number of halogens is 3. The van der Waals surface area contributed by atoms with E-state index < -0.39 is 44.2 Å². The molecule has 0 saturated heterocycles. The standard InChI is InChI=1S/C16H19F3O6Si/c1-10(20)23-26(24-11(2)21,25-12(3)22)7-5-4-6-13-8-15(18)16(19)9-14(13)17/h8-9H,4-7H2,1-3H3. The van der Waals surface area contributed by atoms with E-state index in [1.807, 2.05) is 0 Å². The molecule has 0 saturated carbocycles. The van der Waals surface area contributed by atoms with Gasteiger partial charge in [-0.1, -0.05) is 0 Å². The molecule has 0 amide bonds. The quantitative estimate of drug-likeness (QED) is 0.384. The normalized spacial score (nSPS) is 11.0. The number of benzene rings is 1. The Kier molecular flexibility index (Phi) is 7.81. The molecule has 0 atom stereocenters. The minimum absolute atomic E-state index is 0.0244. The highest BCUT2D eigenvalue weighted by atomic mass is 28.4. The highest BCUT2D eigenvalue weighted by molar-refractivity contribution is 6.65. The second-order valence-corrected chi connectivity index (χ2v) is 8.01. The number of unbranched alkanes of at least 4 members (excludes halogenated alkanes) is 1. The van der Waals surface area contributed by atoms with Crippen LogP contribution in [0, 0.1) is 17.5 Å². The summed E-state index contributed by atoms with van der Waals surface area (Å²) < 4.78 is 54.7. The van der Waals surface area contributed by atoms with Crippen molar-refractivity contribution in [1.29, 1.82) is 0 Å². The lowest BCUT2D eigenvalue weighted by molar-refractivity contribution is -0.147. The van der Waals surface area contributed by atoms with Crippen molar-refractivity contribution in [3.63, 3.8) is 0 Å². The van der Waals surface area contributed by atoms with Gasteiger partial charge in [-0.15, -0.1) is 0 Å². The molecule has 0 aliphatic rings. The van der Waals surface area contributed by atoms with E-state index in [0.717, 1.165) is 26.8 Å². The molecule has 0 aliphatic heterocycles. The fourth-order valence-electron chi connectivity index (χ4n) is 2.28. The summed E-state index contributed by atoms with van der Waals surface area (Å²) in [5.41, 5.74) is -0.0244. The van der Waals surface area contributed by atoms with E-state index in [0.29, 0.717) is 6.07 Å². The van der Waals surface area contributed by atoms with Gasteiger partial charge in [0.1, 0.15) is 5.82 Å². The summed E-state index contributed by atoms with van der Waals surface area (Å²) in [6.07, 6.45) is 0.548. The van der Waals surface area contributed by atoms with Gasteiger partial charge in [-0.3, -0.25) is 14.4 Å². The van der Waals surface area contributed by atoms with E-state index in [9.17, 15) is 27.6 Å². The molecule has 144 valence electrons. The largest absolute Gasteiger partial charge is 0.705 e. The molecule has 0 fully saturated rings. The Morgan fingerprint density at radius 1 is 0.808 bits per heavy atom. The van der Waals surface area contributed by atoms with Gasteiger partial charge in [-0.2, -0.15) is 0 Å². The lowest BCUT2D eigenvalue weighted by atomic mass is 10.1. The first-order valence-electron chi connectivity index (χ1n) is 7.77. The van der Waals surface area contributed by atoms with Crippen LogP contribution in [0.3, 0.4) is 0 Å². The molecule has 0 aliphatic carbocycles. The van der Waals surface area contributed by atoms with Gasteiger partial charge in [0.05, 0.1) is 6.04 Å². The molecule has 1 aromatic rings. The number of hydrogen-bond donors (Lipinski definition) is 0. The summed E-state index contributed by atoms with van der Waals surface area (Å²) in [5, 5.41) is 0. The lowest BCUT2D eigenvalue weighted by Crippen LogP contribution is -2.49. The first-order valence-corrected chi connectivity index (χ1v) is 9.70. The molecular weight excluding hydrogens is 373 g/mol. The number of carbonyl (C=O) groups excluding carboxylic acids is 3. The van der Waals surface area contributed by atoms with Crippen LogP contribution in [0.5, 0.6) is 0 Å². The van der Waals surface area contributed by atoms with Crippen LogP contribution in [0.2, 0.25) is 6.04 Å². The van der Waals surface area contributed by atoms with E-state index in [1.165, 1.54) is 0 Å². The summed E-state index contributed by atoms with van der Waals surface area (Å²) in [4.78, 5) is 33.9. The van der Waals surface area contributed by atoms with Gasteiger partial charge < -0.3 is 13.3 Å². The highest BCUT2D eigenvalue weighted by Gasteiger charge is 2.51. The van der Waals surface area contributed by atoms with Crippen LogP contribution in [0.4, 0.5) is 13.2 Å². The lowest BCUT2D eigenvalue weighted by Gasteiger charge is -2.26. The molecule has 6 nitrogen and oxygen atoms in total. The summed E-state index contributed by atoms with van der Waals surface area (Å²) in [6.45, 7) is 3.22. The Hall–Kier alpha value is -2.36. The van der Waals surface area contributed by atoms with Gasteiger partial charge in [0.2, 0.25) is 0 Å². The average Bonchev–Trinajstić information content (AvgIpc) is 2.46. The molecule has 0 bridgehead atoms. The Morgan fingerprint density at radius 2 is 1.27 bits per heavy atom. The summed E-state index contributed by atoms with van der Waals surface area (Å²) in [7, 11) is -3.93. The van der Waals surface area contributed by atoms with Crippen molar-refractivity contribution in [2.24, 2.45) is 0 Å². The van der Waals surface area contributed by atoms with Crippen molar-refractivity contribution in [3.8, 4) is 0 Å². The number of aryl methyl sites for hydroxylation is 1. The molecule has 0 heterocycles. The highest BCUT2D eigenvalue weighted by Crippen LogP contribution is 2.22. The zero-order chi connectivity index (χ0) is 19.9. The molecule has 0 radical (unpaired) electrons. The number of carbonyl (C=O) groups is 3. The Bertz CT molecular complexity index is 654. The fourth-order valence-corrected chi connectivity index (χ4v) is 4.71. The maximum absolute atomic E-state index is 13.6. The zero-order valence-corrected chi connectivity index (χ0v) is 15.6. The molecule has 0 N–H and O–H groups in total.